The highest BCUT2D eigenvalue weighted by Crippen LogP contribution is 2.34. The number of fused-ring (bicyclic) bond motifs is 1. The largest absolute Gasteiger partial charge is 0.465 e. The number of nitrogens with zero attached hydrogens (tertiary/aromatic N) is 2. The molecule has 0 aliphatic carbocycles. The van der Waals surface area contributed by atoms with Crippen molar-refractivity contribution >= 4 is 16.7 Å². The summed E-state index contributed by atoms with van der Waals surface area (Å²) >= 11 is 0. The van der Waals surface area contributed by atoms with Crippen LogP contribution in [0, 0.1) is 0 Å². The van der Waals surface area contributed by atoms with Crippen LogP contribution in [0.2, 0.25) is 0 Å². The van der Waals surface area contributed by atoms with Crippen LogP contribution < -0.4 is 5.56 Å². The van der Waals surface area contributed by atoms with Crippen LogP contribution in [0.15, 0.2) is 77.7 Å². The molecule has 0 unspecified atom stereocenters. The summed E-state index contributed by atoms with van der Waals surface area (Å²) in [5, 5.41) is 10.1. The van der Waals surface area contributed by atoms with Gasteiger partial charge in [0, 0.05) is 29.3 Å². The van der Waals surface area contributed by atoms with E-state index >= 15 is 0 Å². The van der Waals surface area contributed by atoms with E-state index in [1.165, 1.54) is 11.7 Å². The van der Waals surface area contributed by atoms with Gasteiger partial charge in [0.05, 0.1) is 36.1 Å². The fraction of sp³-hybridized carbons (Fsp3) is 0.125. The van der Waals surface area contributed by atoms with Crippen LogP contribution in [0.25, 0.3) is 33.3 Å². The minimum absolute atomic E-state index is 0.150. The zero-order chi connectivity index (χ0) is 21.1. The third-order valence-corrected chi connectivity index (χ3v) is 4.96. The average molecular weight is 400 g/mol. The molecule has 0 spiro atoms. The van der Waals surface area contributed by atoms with Gasteiger partial charge >= 0.3 is 5.97 Å². The van der Waals surface area contributed by atoms with Gasteiger partial charge in [-0.05, 0) is 6.07 Å². The highest BCUT2D eigenvalue weighted by molar-refractivity contribution is 6.12. The maximum Gasteiger partial charge on any atom is 0.340 e. The van der Waals surface area contributed by atoms with Crippen molar-refractivity contribution in [1.29, 1.82) is 0 Å². The summed E-state index contributed by atoms with van der Waals surface area (Å²) in [4.78, 5) is 30.9. The molecule has 0 amide bonds. The lowest BCUT2D eigenvalue weighted by atomic mass is 9.96. The molecular formula is C24H20N2O4. The van der Waals surface area contributed by atoms with Gasteiger partial charge in [-0.15, -0.1) is 0 Å². The number of pyridine rings is 2. The summed E-state index contributed by atoms with van der Waals surface area (Å²) in [5.74, 6) is -0.565. The van der Waals surface area contributed by atoms with Gasteiger partial charge in [-0.2, -0.15) is 0 Å². The molecule has 2 aromatic carbocycles. The molecule has 30 heavy (non-hydrogen) atoms. The van der Waals surface area contributed by atoms with E-state index in [4.69, 9.17) is 9.72 Å². The topological polar surface area (TPSA) is 81.4 Å². The molecule has 0 atom stereocenters. The third kappa shape index (κ3) is 3.38. The molecule has 1 N–H and O–H groups in total. The first-order valence-electron chi connectivity index (χ1n) is 9.53. The van der Waals surface area contributed by atoms with Gasteiger partial charge in [-0.25, -0.2) is 9.78 Å². The van der Waals surface area contributed by atoms with Crippen LogP contribution in [-0.2, 0) is 11.3 Å². The molecule has 6 heteroatoms. The van der Waals surface area contributed by atoms with E-state index in [0.717, 1.165) is 11.1 Å². The highest BCUT2D eigenvalue weighted by Gasteiger charge is 2.24. The number of carbonyl (C=O) groups excluding carboxylic acids is 1. The van der Waals surface area contributed by atoms with Crippen LogP contribution in [0.5, 0.6) is 0 Å². The summed E-state index contributed by atoms with van der Waals surface area (Å²) in [6.07, 6.45) is 1.58. The number of aliphatic hydroxyl groups excluding tert-OH is 1. The molecular weight excluding hydrogens is 380 g/mol. The predicted molar refractivity (Wildman–Crippen MR) is 115 cm³/mol. The van der Waals surface area contributed by atoms with Crippen molar-refractivity contribution in [2.45, 2.75) is 6.54 Å². The van der Waals surface area contributed by atoms with E-state index in [1.54, 1.807) is 12.3 Å². The van der Waals surface area contributed by atoms with Gasteiger partial charge < -0.3 is 14.4 Å². The molecule has 2 heterocycles. The lowest BCUT2D eigenvalue weighted by Crippen LogP contribution is -2.23. The SMILES string of the molecule is COC(=O)c1c(-c2ccccc2)nc(-c2ccccc2)c2c(=O)n(CCO)ccc12. The lowest BCUT2D eigenvalue weighted by Gasteiger charge is -2.16. The van der Waals surface area contributed by atoms with Crippen molar-refractivity contribution in [1.82, 2.24) is 9.55 Å². The second kappa shape index (κ2) is 8.31. The Labute approximate surface area is 173 Å². The number of esters is 1. The maximum absolute atomic E-state index is 13.3. The number of benzene rings is 2. The number of rotatable bonds is 5. The minimum Gasteiger partial charge on any atom is -0.465 e. The molecule has 0 aliphatic heterocycles. The Balaban J connectivity index is 2.19. The zero-order valence-corrected chi connectivity index (χ0v) is 16.4. The van der Waals surface area contributed by atoms with Gasteiger partial charge in [0.15, 0.2) is 0 Å². The van der Waals surface area contributed by atoms with E-state index < -0.39 is 5.97 Å². The molecule has 4 aromatic rings. The van der Waals surface area contributed by atoms with E-state index in [0.29, 0.717) is 22.2 Å². The van der Waals surface area contributed by atoms with Gasteiger partial charge in [0.1, 0.15) is 0 Å². The molecule has 0 aliphatic rings. The van der Waals surface area contributed by atoms with Crippen molar-refractivity contribution < 1.29 is 14.6 Å². The van der Waals surface area contributed by atoms with Crippen LogP contribution in [0.1, 0.15) is 10.4 Å². The summed E-state index contributed by atoms with van der Waals surface area (Å²) < 4.78 is 6.46. The third-order valence-electron chi connectivity index (χ3n) is 4.96. The van der Waals surface area contributed by atoms with Crippen LogP contribution in [0.3, 0.4) is 0 Å². The first-order chi connectivity index (χ1) is 14.7. The molecule has 4 rings (SSSR count). The number of aromatic nitrogens is 2. The number of aliphatic hydroxyl groups is 1. The molecule has 6 nitrogen and oxygen atoms in total. The van der Waals surface area contributed by atoms with Gasteiger partial charge in [-0.1, -0.05) is 60.7 Å². The monoisotopic (exact) mass is 400 g/mol. The summed E-state index contributed by atoms with van der Waals surface area (Å²) in [6.45, 7) is -0.0253. The second-order valence-corrected chi connectivity index (χ2v) is 6.73. The Hall–Kier alpha value is -3.77. The minimum atomic E-state index is -0.565. The van der Waals surface area contributed by atoms with Gasteiger partial charge in [0.2, 0.25) is 0 Å². The number of hydrogen-bond donors (Lipinski definition) is 1. The first kappa shape index (κ1) is 19.5. The zero-order valence-electron chi connectivity index (χ0n) is 16.4. The number of carbonyl (C=O) groups is 1. The van der Waals surface area contributed by atoms with Crippen molar-refractivity contribution in [2.75, 3.05) is 13.7 Å². The van der Waals surface area contributed by atoms with Crippen LogP contribution in [0.4, 0.5) is 0 Å². The maximum atomic E-state index is 13.3. The van der Waals surface area contributed by atoms with E-state index in [9.17, 15) is 14.7 Å². The van der Waals surface area contributed by atoms with Gasteiger partial charge in [-0.3, -0.25) is 4.79 Å². The van der Waals surface area contributed by atoms with Crippen LogP contribution in [-0.4, -0.2) is 34.3 Å². The fourth-order valence-corrected chi connectivity index (χ4v) is 3.57. The van der Waals surface area contributed by atoms with E-state index in [2.05, 4.69) is 0 Å². The number of hydrogen-bond acceptors (Lipinski definition) is 5. The summed E-state index contributed by atoms with van der Waals surface area (Å²) in [6, 6.07) is 20.4. The summed E-state index contributed by atoms with van der Waals surface area (Å²) in [7, 11) is 1.31. The Bertz CT molecular complexity index is 1270. The van der Waals surface area contributed by atoms with Crippen molar-refractivity contribution in [2.24, 2.45) is 0 Å². The average Bonchev–Trinajstić information content (AvgIpc) is 2.80. The van der Waals surface area contributed by atoms with Crippen molar-refractivity contribution in [3.8, 4) is 22.5 Å². The Morgan fingerprint density at radius 3 is 2.13 bits per heavy atom. The molecule has 0 saturated heterocycles. The molecule has 0 bridgehead atoms. The molecule has 0 fully saturated rings. The van der Waals surface area contributed by atoms with Crippen molar-refractivity contribution in [3.63, 3.8) is 0 Å². The smallest absolute Gasteiger partial charge is 0.340 e. The normalized spacial score (nSPS) is 10.9. The van der Waals surface area contributed by atoms with E-state index in [-0.39, 0.29) is 24.3 Å². The number of ether oxygens (including phenoxy) is 1. The quantitative estimate of drug-likeness (QED) is 0.519. The van der Waals surface area contributed by atoms with Crippen molar-refractivity contribution in [3.05, 3.63) is 88.8 Å². The Morgan fingerprint density at radius 2 is 1.57 bits per heavy atom. The predicted octanol–water partition coefficient (Wildman–Crippen LogP) is 3.51. The Morgan fingerprint density at radius 1 is 0.967 bits per heavy atom. The van der Waals surface area contributed by atoms with Crippen LogP contribution >= 0.6 is 0 Å². The molecule has 2 aromatic heterocycles. The standard InChI is InChI=1S/C24H20N2O4/c1-30-24(29)20-18-12-13-26(14-15-27)23(28)19(18)21(16-8-4-2-5-9-16)25-22(20)17-10-6-3-7-11-17/h2-13,27H,14-15H2,1H3. The fourth-order valence-electron chi connectivity index (χ4n) is 3.57. The highest BCUT2D eigenvalue weighted by atomic mass is 16.5. The second-order valence-electron chi connectivity index (χ2n) is 6.73. The molecule has 0 radical (unpaired) electrons. The van der Waals surface area contributed by atoms with Gasteiger partial charge in [0.25, 0.3) is 5.56 Å². The first-order valence-corrected chi connectivity index (χ1v) is 9.53. The lowest BCUT2D eigenvalue weighted by molar-refractivity contribution is 0.0603. The number of methoxy groups -OCH3 is 1. The van der Waals surface area contributed by atoms with E-state index in [1.807, 2.05) is 60.7 Å². The molecule has 150 valence electrons. The molecule has 0 saturated carbocycles. The Kier molecular flexibility index (Phi) is 5.41. The summed E-state index contributed by atoms with van der Waals surface area (Å²) in [5.41, 5.74) is 2.36.